The average molecular weight is 556 g/mol. The summed E-state index contributed by atoms with van der Waals surface area (Å²) in [7, 11) is 1.63. The molecule has 8 heteroatoms. The van der Waals surface area contributed by atoms with Gasteiger partial charge in [0.2, 0.25) is 5.91 Å². The van der Waals surface area contributed by atoms with Crippen molar-refractivity contribution in [1.29, 1.82) is 0 Å². The molecule has 41 heavy (non-hydrogen) atoms. The maximum absolute atomic E-state index is 13.7. The van der Waals surface area contributed by atoms with Gasteiger partial charge in [0.1, 0.15) is 18.1 Å². The Balaban J connectivity index is 1.25. The molecule has 0 saturated heterocycles. The van der Waals surface area contributed by atoms with Gasteiger partial charge >= 0.3 is 6.03 Å². The molecule has 4 aliphatic rings. The molecule has 3 amide bonds. The third kappa shape index (κ3) is 5.44. The Morgan fingerprint density at radius 1 is 1.00 bits per heavy atom. The smallest absolute Gasteiger partial charge is 0.318 e. The number of hydrogen-bond donors (Lipinski definition) is 2. The van der Waals surface area contributed by atoms with Crippen LogP contribution in [0.5, 0.6) is 5.75 Å². The maximum Gasteiger partial charge on any atom is 0.318 e. The zero-order valence-corrected chi connectivity index (χ0v) is 24.5. The minimum atomic E-state index is -0.258. The Hall–Kier alpha value is -3.81. The van der Waals surface area contributed by atoms with Crippen molar-refractivity contribution in [3.8, 4) is 22.6 Å². The van der Waals surface area contributed by atoms with Gasteiger partial charge in [0, 0.05) is 17.1 Å². The summed E-state index contributed by atoms with van der Waals surface area (Å²) in [5, 5.41) is 11.4. The van der Waals surface area contributed by atoms with Crippen LogP contribution in [0, 0.1) is 24.7 Å². The molecule has 0 atom stereocenters. The third-order valence-electron chi connectivity index (χ3n) is 9.31. The average Bonchev–Trinajstić information content (AvgIpc) is 3.26. The standard InChI is InChI=1S/C33H41N5O3/c1-21(2)37(32(40)35-33-17-23-14-24(18-33)16-25(15-23)19-33)20-29(39)34-31-30(26-8-6-5-7-9-26)22(3)36-38(31)27-10-12-28(41-4)13-11-27/h5-13,21,23-25H,14-20H2,1-4H3,(H,34,39)(H,35,40). The van der Waals surface area contributed by atoms with Gasteiger partial charge in [-0.3, -0.25) is 4.79 Å². The van der Waals surface area contributed by atoms with Crippen molar-refractivity contribution >= 4 is 17.8 Å². The van der Waals surface area contributed by atoms with Crippen molar-refractivity contribution in [3.63, 3.8) is 0 Å². The molecule has 4 bridgehead atoms. The highest BCUT2D eigenvalue weighted by molar-refractivity contribution is 5.98. The van der Waals surface area contributed by atoms with Gasteiger partial charge in [0.05, 0.1) is 18.5 Å². The number of benzene rings is 2. The number of carbonyl (C=O) groups is 2. The SMILES string of the molecule is COc1ccc(-n2nc(C)c(-c3ccccc3)c2NC(=O)CN(C(=O)NC23CC4CC(CC(C4)C2)C3)C(C)C)cc1. The zero-order chi connectivity index (χ0) is 28.7. The van der Waals surface area contributed by atoms with E-state index >= 15 is 0 Å². The molecular formula is C33H41N5O3. The van der Waals surface area contributed by atoms with Crippen LogP contribution in [0.1, 0.15) is 58.1 Å². The van der Waals surface area contributed by atoms with Crippen LogP contribution in [-0.2, 0) is 4.79 Å². The Morgan fingerprint density at radius 3 is 2.17 bits per heavy atom. The van der Waals surface area contributed by atoms with Gasteiger partial charge in [-0.15, -0.1) is 0 Å². The summed E-state index contributed by atoms with van der Waals surface area (Å²) in [6.45, 7) is 5.83. The Morgan fingerprint density at radius 2 is 1.61 bits per heavy atom. The van der Waals surface area contributed by atoms with Crippen LogP contribution >= 0.6 is 0 Å². The molecule has 216 valence electrons. The van der Waals surface area contributed by atoms with Crippen LogP contribution in [0.2, 0.25) is 0 Å². The summed E-state index contributed by atoms with van der Waals surface area (Å²) < 4.78 is 7.09. The molecule has 0 spiro atoms. The van der Waals surface area contributed by atoms with Gasteiger partial charge in [-0.25, -0.2) is 9.48 Å². The number of hydrogen-bond acceptors (Lipinski definition) is 4. The summed E-state index contributed by atoms with van der Waals surface area (Å²) in [6, 6.07) is 17.2. The normalized spacial score (nSPS) is 24.4. The Kier molecular flexibility index (Phi) is 7.26. The van der Waals surface area contributed by atoms with E-state index in [0.717, 1.165) is 65.3 Å². The summed E-state index contributed by atoms with van der Waals surface area (Å²) in [5.74, 6) is 3.25. The summed E-state index contributed by atoms with van der Waals surface area (Å²) in [4.78, 5) is 29.0. The number of aryl methyl sites for hydroxylation is 1. The van der Waals surface area contributed by atoms with E-state index in [1.165, 1.54) is 19.3 Å². The highest BCUT2D eigenvalue weighted by atomic mass is 16.5. The number of rotatable bonds is 8. The molecule has 8 nitrogen and oxygen atoms in total. The van der Waals surface area contributed by atoms with E-state index in [-0.39, 0.29) is 30.1 Å². The quantitative estimate of drug-likeness (QED) is 0.347. The van der Waals surface area contributed by atoms with Crippen molar-refractivity contribution < 1.29 is 14.3 Å². The largest absolute Gasteiger partial charge is 0.497 e. The fourth-order valence-corrected chi connectivity index (χ4v) is 7.88. The summed E-state index contributed by atoms with van der Waals surface area (Å²) >= 11 is 0. The number of aromatic nitrogens is 2. The van der Waals surface area contributed by atoms with Gasteiger partial charge in [-0.1, -0.05) is 30.3 Å². The fourth-order valence-electron chi connectivity index (χ4n) is 7.88. The third-order valence-corrected chi connectivity index (χ3v) is 9.31. The predicted octanol–water partition coefficient (Wildman–Crippen LogP) is 6.18. The van der Waals surface area contributed by atoms with E-state index < -0.39 is 0 Å². The maximum atomic E-state index is 13.7. The minimum absolute atomic E-state index is 0.0447. The number of methoxy groups -OCH3 is 1. The second kappa shape index (κ2) is 10.9. The van der Waals surface area contributed by atoms with Crippen molar-refractivity contribution in [1.82, 2.24) is 20.0 Å². The highest BCUT2D eigenvalue weighted by Crippen LogP contribution is 2.55. The number of amides is 3. The van der Waals surface area contributed by atoms with Crippen LogP contribution in [0.25, 0.3) is 16.8 Å². The molecule has 0 radical (unpaired) electrons. The lowest BCUT2D eigenvalue weighted by Crippen LogP contribution is -2.62. The molecule has 4 saturated carbocycles. The molecule has 4 aliphatic carbocycles. The number of urea groups is 1. The van der Waals surface area contributed by atoms with Crippen molar-refractivity contribution in [2.75, 3.05) is 19.0 Å². The van der Waals surface area contributed by atoms with E-state index in [9.17, 15) is 9.59 Å². The lowest BCUT2D eigenvalue weighted by molar-refractivity contribution is -0.117. The lowest BCUT2D eigenvalue weighted by Gasteiger charge is -2.57. The first-order valence-corrected chi connectivity index (χ1v) is 14.9. The molecule has 4 fully saturated rings. The molecule has 0 aliphatic heterocycles. The van der Waals surface area contributed by atoms with Gasteiger partial charge in [-0.2, -0.15) is 5.10 Å². The summed E-state index contributed by atoms with van der Waals surface area (Å²) in [6.07, 6.45) is 7.17. The molecule has 0 unspecified atom stereocenters. The van der Waals surface area contributed by atoms with E-state index in [1.54, 1.807) is 16.7 Å². The molecular weight excluding hydrogens is 514 g/mol. The Labute approximate surface area is 242 Å². The number of ether oxygens (including phenoxy) is 1. The van der Waals surface area contributed by atoms with Crippen molar-refractivity contribution in [3.05, 3.63) is 60.3 Å². The van der Waals surface area contributed by atoms with Crippen LogP contribution in [0.15, 0.2) is 54.6 Å². The van der Waals surface area contributed by atoms with Gasteiger partial charge in [-0.05, 0) is 107 Å². The number of carbonyl (C=O) groups excluding carboxylic acids is 2. The van der Waals surface area contributed by atoms with Crippen LogP contribution in [0.3, 0.4) is 0 Å². The highest BCUT2D eigenvalue weighted by Gasteiger charge is 2.52. The van der Waals surface area contributed by atoms with Gasteiger partial charge < -0.3 is 20.3 Å². The van der Waals surface area contributed by atoms with E-state index in [2.05, 4.69) is 10.6 Å². The van der Waals surface area contributed by atoms with Crippen LogP contribution in [0.4, 0.5) is 10.6 Å². The Bertz CT molecular complexity index is 1380. The fraction of sp³-hybridized carbons (Fsp3) is 0.485. The van der Waals surface area contributed by atoms with E-state index in [4.69, 9.17) is 9.84 Å². The first-order valence-electron chi connectivity index (χ1n) is 14.9. The second-order valence-electron chi connectivity index (χ2n) is 12.7. The molecule has 1 aromatic heterocycles. The van der Waals surface area contributed by atoms with Crippen LogP contribution < -0.4 is 15.4 Å². The zero-order valence-electron chi connectivity index (χ0n) is 24.5. The second-order valence-corrected chi connectivity index (χ2v) is 12.7. The molecule has 3 aromatic rings. The topological polar surface area (TPSA) is 88.5 Å². The van der Waals surface area contributed by atoms with Crippen LogP contribution in [-0.4, -0.2) is 51.9 Å². The summed E-state index contributed by atoms with van der Waals surface area (Å²) in [5.41, 5.74) is 3.29. The van der Waals surface area contributed by atoms with Gasteiger partial charge in [0.25, 0.3) is 0 Å². The minimum Gasteiger partial charge on any atom is -0.497 e. The molecule has 1 heterocycles. The van der Waals surface area contributed by atoms with E-state index in [1.807, 2.05) is 75.4 Å². The van der Waals surface area contributed by atoms with E-state index in [0.29, 0.717) is 5.82 Å². The first kappa shape index (κ1) is 27.4. The monoisotopic (exact) mass is 555 g/mol. The number of nitrogens with zero attached hydrogens (tertiary/aromatic N) is 3. The predicted molar refractivity (Wildman–Crippen MR) is 160 cm³/mol. The van der Waals surface area contributed by atoms with Gasteiger partial charge in [0.15, 0.2) is 0 Å². The van der Waals surface area contributed by atoms with Crippen molar-refractivity contribution in [2.45, 2.75) is 70.9 Å². The number of nitrogens with one attached hydrogen (secondary N) is 2. The lowest BCUT2D eigenvalue weighted by atomic mass is 9.53. The molecule has 7 rings (SSSR count). The first-order chi connectivity index (χ1) is 19.7. The molecule has 2 N–H and O–H groups in total. The molecule has 2 aromatic carbocycles. The number of anilines is 1. The van der Waals surface area contributed by atoms with Crippen molar-refractivity contribution in [2.24, 2.45) is 17.8 Å².